The van der Waals surface area contributed by atoms with Crippen molar-refractivity contribution in [1.82, 2.24) is 4.31 Å². The van der Waals surface area contributed by atoms with Gasteiger partial charge in [0.05, 0.1) is 4.90 Å². The monoisotopic (exact) mass is 380 g/mol. The van der Waals surface area contributed by atoms with Crippen molar-refractivity contribution in [3.05, 3.63) is 60.2 Å². The van der Waals surface area contributed by atoms with Crippen LogP contribution >= 0.6 is 0 Å². The molecule has 0 spiro atoms. The zero-order valence-electron chi connectivity index (χ0n) is 13.9. The molecule has 2 aromatic rings. The minimum absolute atomic E-state index is 0.0552. The number of hydrogen-bond donors (Lipinski definition) is 1. The second-order valence-electron chi connectivity index (χ2n) is 6.08. The maximum Gasteiger partial charge on any atom is 0.243 e. The summed E-state index contributed by atoms with van der Waals surface area (Å²) in [6, 6.07) is 8.90. The Labute approximate surface area is 150 Å². The lowest BCUT2D eigenvalue weighted by atomic mass is 10.0. The highest BCUT2D eigenvalue weighted by molar-refractivity contribution is 7.89. The van der Waals surface area contributed by atoms with Crippen molar-refractivity contribution in [3.63, 3.8) is 0 Å². The fourth-order valence-electron chi connectivity index (χ4n) is 2.96. The molecule has 0 radical (unpaired) electrons. The van der Waals surface area contributed by atoms with Gasteiger partial charge >= 0.3 is 0 Å². The molecule has 1 aliphatic heterocycles. The van der Waals surface area contributed by atoms with E-state index in [1.807, 2.05) is 0 Å². The summed E-state index contributed by atoms with van der Waals surface area (Å²) >= 11 is 0. The molecule has 1 fully saturated rings. The van der Waals surface area contributed by atoms with Gasteiger partial charge < -0.3 is 5.32 Å². The van der Waals surface area contributed by atoms with E-state index >= 15 is 0 Å². The zero-order valence-corrected chi connectivity index (χ0v) is 14.7. The minimum atomic E-state index is -3.93. The third-order valence-corrected chi connectivity index (χ3v) is 6.21. The van der Waals surface area contributed by atoms with E-state index in [-0.39, 0.29) is 11.4 Å². The summed E-state index contributed by atoms with van der Waals surface area (Å²) in [5, 5.41) is 2.63. The predicted molar refractivity (Wildman–Crippen MR) is 93.0 cm³/mol. The largest absolute Gasteiger partial charge is 0.325 e. The number of piperidine rings is 1. The van der Waals surface area contributed by atoms with E-state index in [1.165, 1.54) is 36.4 Å². The molecule has 0 aromatic heterocycles. The molecule has 1 unspecified atom stereocenters. The van der Waals surface area contributed by atoms with Gasteiger partial charge in [0.25, 0.3) is 0 Å². The molecular weight excluding hydrogens is 362 g/mol. The lowest BCUT2D eigenvalue weighted by molar-refractivity contribution is -0.120. The van der Waals surface area contributed by atoms with Gasteiger partial charge in [0.1, 0.15) is 17.7 Å². The molecule has 1 amide bonds. The number of hydrogen-bond acceptors (Lipinski definition) is 3. The van der Waals surface area contributed by atoms with Crippen LogP contribution in [0, 0.1) is 11.6 Å². The Hall–Kier alpha value is -2.32. The Morgan fingerprint density at radius 3 is 2.15 bits per heavy atom. The van der Waals surface area contributed by atoms with E-state index in [0.29, 0.717) is 18.5 Å². The van der Waals surface area contributed by atoms with Gasteiger partial charge in [0.15, 0.2) is 0 Å². The fourth-order valence-corrected chi connectivity index (χ4v) is 4.61. The van der Waals surface area contributed by atoms with Gasteiger partial charge in [-0.25, -0.2) is 17.2 Å². The lowest BCUT2D eigenvalue weighted by Gasteiger charge is -2.33. The summed E-state index contributed by atoms with van der Waals surface area (Å²) in [5.74, 6) is -1.43. The third-order valence-electron chi connectivity index (χ3n) is 4.29. The highest BCUT2D eigenvalue weighted by atomic mass is 32.2. The van der Waals surface area contributed by atoms with Crippen LogP contribution in [0.5, 0.6) is 0 Å². The molecule has 0 aliphatic carbocycles. The molecule has 2 aromatic carbocycles. The standard InChI is InChI=1S/C18H18F2N2O3S/c19-13-4-8-15(9-5-13)21-18(23)17-3-1-2-12-22(17)26(24,25)16-10-6-14(20)7-11-16/h4-11,17H,1-3,12H2,(H,21,23). The van der Waals surface area contributed by atoms with Gasteiger partial charge in [-0.1, -0.05) is 6.42 Å². The summed E-state index contributed by atoms with van der Waals surface area (Å²) in [7, 11) is -3.93. The van der Waals surface area contributed by atoms with Crippen LogP contribution in [0.25, 0.3) is 0 Å². The quantitative estimate of drug-likeness (QED) is 0.886. The number of halogens is 2. The zero-order chi connectivity index (χ0) is 18.7. The van der Waals surface area contributed by atoms with Crippen LogP contribution in [0.3, 0.4) is 0 Å². The normalized spacial score (nSPS) is 18.5. The Morgan fingerprint density at radius 1 is 0.962 bits per heavy atom. The molecule has 5 nitrogen and oxygen atoms in total. The van der Waals surface area contributed by atoms with Gasteiger partial charge in [0, 0.05) is 12.2 Å². The van der Waals surface area contributed by atoms with E-state index in [1.54, 1.807) is 0 Å². The number of amides is 1. The van der Waals surface area contributed by atoms with Crippen LogP contribution in [0.15, 0.2) is 53.4 Å². The molecule has 1 atom stereocenters. The number of carbonyl (C=O) groups excluding carboxylic acids is 1. The number of nitrogens with one attached hydrogen (secondary N) is 1. The molecule has 3 rings (SSSR count). The Bertz CT molecular complexity index is 884. The van der Waals surface area contributed by atoms with Crippen molar-refractivity contribution >= 4 is 21.6 Å². The maximum atomic E-state index is 13.1. The number of anilines is 1. The summed E-state index contributed by atoms with van der Waals surface area (Å²) in [4.78, 5) is 12.6. The molecule has 26 heavy (non-hydrogen) atoms. The second-order valence-corrected chi connectivity index (χ2v) is 7.97. The number of sulfonamides is 1. The van der Waals surface area contributed by atoms with Gasteiger partial charge in [-0.15, -0.1) is 0 Å². The van der Waals surface area contributed by atoms with E-state index < -0.39 is 33.6 Å². The summed E-state index contributed by atoms with van der Waals surface area (Å²) < 4.78 is 53.0. The molecule has 0 saturated carbocycles. The van der Waals surface area contributed by atoms with Crippen LogP contribution in [-0.4, -0.2) is 31.2 Å². The molecule has 8 heteroatoms. The smallest absolute Gasteiger partial charge is 0.243 e. The highest BCUT2D eigenvalue weighted by Crippen LogP contribution is 2.26. The van der Waals surface area contributed by atoms with Crippen molar-refractivity contribution in [2.24, 2.45) is 0 Å². The van der Waals surface area contributed by atoms with Crippen LogP contribution in [0.1, 0.15) is 19.3 Å². The highest BCUT2D eigenvalue weighted by Gasteiger charge is 2.37. The van der Waals surface area contributed by atoms with Crippen molar-refractivity contribution in [2.75, 3.05) is 11.9 Å². The van der Waals surface area contributed by atoms with Crippen LogP contribution in [-0.2, 0) is 14.8 Å². The molecule has 0 bridgehead atoms. The Kier molecular flexibility index (Phi) is 5.33. The fraction of sp³-hybridized carbons (Fsp3) is 0.278. The van der Waals surface area contributed by atoms with Gasteiger partial charge in [-0.2, -0.15) is 4.31 Å². The Morgan fingerprint density at radius 2 is 1.54 bits per heavy atom. The maximum absolute atomic E-state index is 13.1. The summed E-state index contributed by atoms with van der Waals surface area (Å²) in [6.07, 6.45) is 1.74. The summed E-state index contributed by atoms with van der Waals surface area (Å²) in [5.41, 5.74) is 0.390. The topological polar surface area (TPSA) is 66.5 Å². The van der Waals surface area contributed by atoms with Crippen molar-refractivity contribution in [1.29, 1.82) is 0 Å². The van der Waals surface area contributed by atoms with E-state index in [2.05, 4.69) is 5.32 Å². The van der Waals surface area contributed by atoms with Gasteiger partial charge in [0.2, 0.25) is 15.9 Å². The number of rotatable bonds is 4. The molecular formula is C18H18F2N2O3S. The van der Waals surface area contributed by atoms with Crippen LogP contribution in [0.4, 0.5) is 14.5 Å². The van der Waals surface area contributed by atoms with Crippen molar-refractivity contribution < 1.29 is 22.0 Å². The first-order valence-electron chi connectivity index (χ1n) is 8.22. The minimum Gasteiger partial charge on any atom is -0.325 e. The number of benzene rings is 2. The van der Waals surface area contributed by atoms with Gasteiger partial charge in [-0.3, -0.25) is 4.79 Å². The average molecular weight is 380 g/mol. The molecule has 1 heterocycles. The molecule has 1 N–H and O–H groups in total. The van der Waals surface area contributed by atoms with Crippen LogP contribution in [0.2, 0.25) is 0 Å². The van der Waals surface area contributed by atoms with Crippen molar-refractivity contribution in [2.45, 2.75) is 30.2 Å². The molecule has 1 saturated heterocycles. The van der Waals surface area contributed by atoms with E-state index in [0.717, 1.165) is 22.9 Å². The molecule has 138 valence electrons. The number of carbonyl (C=O) groups is 1. The van der Waals surface area contributed by atoms with Crippen molar-refractivity contribution in [3.8, 4) is 0 Å². The first kappa shape index (κ1) is 18.5. The van der Waals surface area contributed by atoms with Crippen LogP contribution < -0.4 is 5.32 Å². The number of nitrogens with zero attached hydrogens (tertiary/aromatic N) is 1. The van der Waals surface area contributed by atoms with E-state index in [4.69, 9.17) is 0 Å². The average Bonchev–Trinajstić information content (AvgIpc) is 2.64. The summed E-state index contributed by atoms with van der Waals surface area (Å²) in [6.45, 7) is 0.210. The SMILES string of the molecule is O=C(Nc1ccc(F)cc1)C1CCCCN1S(=O)(=O)c1ccc(F)cc1. The third kappa shape index (κ3) is 3.91. The first-order valence-corrected chi connectivity index (χ1v) is 9.66. The lowest BCUT2D eigenvalue weighted by Crippen LogP contribution is -2.49. The van der Waals surface area contributed by atoms with E-state index in [9.17, 15) is 22.0 Å². The first-order chi connectivity index (χ1) is 12.4. The predicted octanol–water partition coefficient (Wildman–Crippen LogP) is 3.15. The second kappa shape index (κ2) is 7.51. The Balaban J connectivity index is 1.83. The molecule has 1 aliphatic rings. The van der Waals surface area contributed by atoms with Gasteiger partial charge in [-0.05, 0) is 61.4 Å².